The third kappa shape index (κ3) is 4.73. The van der Waals surface area contributed by atoms with E-state index in [1.54, 1.807) is 17.0 Å². The highest BCUT2D eigenvalue weighted by Crippen LogP contribution is 2.23. The van der Waals surface area contributed by atoms with Crippen molar-refractivity contribution in [3.63, 3.8) is 0 Å². The molecule has 4 rings (SSSR count). The Labute approximate surface area is 175 Å². The van der Waals surface area contributed by atoms with E-state index in [-0.39, 0.29) is 18.9 Å². The van der Waals surface area contributed by atoms with Crippen molar-refractivity contribution in [2.45, 2.75) is 0 Å². The molecule has 0 bridgehead atoms. The van der Waals surface area contributed by atoms with Gasteiger partial charge in [0.05, 0.1) is 13.1 Å². The lowest BCUT2D eigenvalue weighted by atomic mass is 9.94. The molecule has 4 heteroatoms. The molecule has 1 fully saturated rings. The predicted molar refractivity (Wildman–Crippen MR) is 118 cm³/mol. The molecule has 0 saturated carbocycles. The molecule has 0 spiro atoms. The van der Waals surface area contributed by atoms with E-state index in [1.165, 1.54) is 0 Å². The second-order valence-corrected chi connectivity index (χ2v) is 7.03. The molecule has 3 aromatic carbocycles. The maximum absolute atomic E-state index is 13.1. The van der Waals surface area contributed by atoms with Gasteiger partial charge in [-0.2, -0.15) is 0 Å². The van der Waals surface area contributed by atoms with Crippen molar-refractivity contribution >= 4 is 24.0 Å². The van der Waals surface area contributed by atoms with Gasteiger partial charge in [-0.15, -0.1) is 0 Å². The number of nitrogens with zero attached hydrogens (tertiary/aromatic N) is 1. The zero-order valence-corrected chi connectivity index (χ0v) is 16.4. The minimum atomic E-state index is -0.480. The Morgan fingerprint density at radius 1 is 0.700 bits per heavy atom. The Morgan fingerprint density at radius 2 is 1.13 bits per heavy atom. The number of para-hydroxylation sites is 1. The molecule has 148 valence electrons. The molecule has 30 heavy (non-hydrogen) atoms. The average Bonchev–Trinajstić information content (AvgIpc) is 2.78. The number of carbonyl (C=O) groups is 2. The van der Waals surface area contributed by atoms with Gasteiger partial charge in [-0.25, -0.2) is 4.79 Å². The smallest absolute Gasteiger partial charge is 0.410 e. The lowest BCUT2D eigenvalue weighted by molar-refractivity contribution is -0.113. The van der Waals surface area contributed by atoms with Gasteiger partial charge in [0.25, 0.3) is 0 Å². The van der Waals surface area contributed by atoms with Crippen LogP contribution in [0.1, 0.15) is 11.1 Å². The highest BCUT2D eigenvalue weighted by atomic mass is 16.6. The van der Waals surface area contributed by atoms with Crippen LogP contribution in [0.3, 0.4) is 0 Å². The number of rotatable bonds is 3. The third-order valence-corrected chi connectivity index (χ3v) is 4.79. The molecule has 0 radical (unpaired) electrons. The van der Waals surface area contributed by atoms with Crippen LogP contribution in [0.2, 0.25) is 0 Å². The summed E-state index contributed by atoms with van der Waals surface area (Å²) in [6.07, 6.45) is 3.19. The summed E-state index contributed by atoms with van der Waals surface area (Å²) < 4.78 is 5.51. The molecule has 0 aliphatic carbocycles. The number of hydrogen-bond donors (Lipinski definition) is 0. The molecule has 1 saturated heterocycles. The van der Waals surface area contributed by atoms with Crippen LogP contribution in [0.15, 0.2) is 102 Å². The van der Waals surface area contributed by atoms with Crippen LogP contribution < -0.4 is 4.74 Å². The van der Waals surface area contributed by atoms with Crippen LogP contribution in [0, 0.1) is 0 Å². The number of likely N-dealkylation sites (tertiary alicyclic amines) is 1. The SMILES string of the molecule is O=C1/C(=C\c2ccccc2)CN(C(=O)Oc2ccccc2)C/C1=C/c1ccccc1. The standard InChI is InChI=1S/C26H21NO3/c28-25-22(16-20-10-4-1-5-11-20)18-27(26(29)30-24-14-8-3-9-15-24)19-23(25)17-21-12-6-2-7-13-21/h1-17H,18-19H2/b22-16-,23-17-. The first-order valence-corrected chi connectivity index (χ1v) is 9.77. The molecule has 4 nitrogen and oxygen atoms in total. The molecule has 3 aromatic rings. The largest absolute Gasteiger partial charge is 0.415 e. The number of carbonyl (C=O) groups excluding carboxylic acids is 2. The second-order valence-electron chi connectivity index (χ2n) is 7.03. The van der Waals surface area contributed by atoms with E-state index in [0.717, 1.165) is 11.1 Å². The molecular weight excluding hydrogens is 374 g/mol. The van der Waals surface area contributed by atoms with E-state index in [0.29, 0.717) is 16.9 Å². The molecule has 1 aliphatic heterocycles. The topological polar surface area (TPSA) is 46.6 Å². The van der Waals surface area contributed by atoms with E-state index >= 15 is 0 Å². The predicted octanol–water partition coefficient (Wildman–Crippen LogP) is 5.24. The third-order valence-electron chi connectivity index (χ3n) is 4.79. The van der Waals surface area contributed by atoms with Gasteiger partial charge in [0.15, 0.2) is 5.78 Å². The summed E-state index contributed by atoms with van der Waals surface area (Å²) in [6, 6.07) is 28.2. The summed E-state index contributed by atoms with van der Waals surface area (Å²) in [5.74, 6) is 0.424. The van der Waals surface area contributed by atoms with E-state index in [2.05, 4.69) is 0 Å². The lowest BCUT2D eigenvalue weighted by Gasteiger charge is -2.29. The number of hydrogen-bond acceptors (Lipinski definition) is 3. The van der Waals surface area contributed by atoms with Crippen LogP contribution in [-0.2, 0) is 4.79 Å². The molecule has 1 aliphatic rings. The first-order valence-electron chi connectivity index (χ1n) is 9.77. The molecule has 0 unspecified atom stereocenters. The number of ether oxygens (including phenoxy) is 1. The van der Waals surface area contributed by atoms with Gasteiger partial charge in [-0.3, -0.25) is 9.69 Å². The molecule has 1 amide bonds. The number of Topliss-reactive ketones (excluding diaryl/α,β-unsaturated/α-hetero) is 1. The van der Waals surface area contributed by atoms with E-state index in [1.807, 2.05) is 91.0 Å². The maximum atomic E-state index is 13.1. The van der Waals surface area contributed by atoms with Gasteiger partial charge in [0.2, 0.25) is 0 Å². The van der Waals surface area contributed by atoms with E-state index in [4.69, 9.17) is 4.74 Å². The van der Waals surface area contributed by atoms with Crippen LogP contribution in [0.4, 0.5) is 4.79 Å². The molecule has 1 heterocycles. The Kier molecular flexibility index (Phi) is 5.85. The lowest BCUT2D eigenvalue weighted by Crippen LogP contribution is -2.43. The van der Waals surface area contributed by atoms with Gasteiger partial charge in [-0.05, 0) is 35.4 Å². The summed E-state index contributed by atoms with van der Waals surface area (Å²) in [4.78, 5) is 27.5. The van der Waals surface area contributed by atoms with Crippen molar-refractivity contribution in [2.24, 2.45) is 0 Å². The van der Waals surface area contributed by atoms with Gasteiger partial charge in [0.1, 0.15) is 5.75 Å². The van der Waals surface area contributed by atoms with Crippen LogP contribution >= 0.6 is 0 Å². The fraction of sp³-hybridized carbons (Fsp3) is 0.0769. The Balaban J connectivity index is 1.65. The van der Waals surface area contributed by atoms with Crippen molar-refractivity contribution < 1.29 is 14.3 Å². The Hall–Kier alpha value is -3.92. The minimum Gasteiger partial charge on any atom is -0.410 e. The van der Waals surface area contributed by atoms with E-state index < -0.39 is 6.09 Å². The number of ketones is 1. The van der Waals surface area contributed by atoms with Gasteiger partial charge in [0, 0.05) is 11.1 Å². The first kappa shape index (κ1) is 19.4. The van der Waals surface area contributed by atoms with Gasteiger partial charge < -0.3 is 4.74 Å². The summed E-state index contributed by atoms with van der Waals surface area (Å²) in [5.41, 5.74) is 2.94. The van der Waals surface area contributed by atoms with Crippen LogP contribution in [0.5, 0.6) is 5.75 Å². The number of benzene rings is 3. The summed E-state index contributed by atoms with van der Waals surface area (Å²) >= 11 is 0. The normalized spacial score (nSPS) is 16.7. The van der Waals surface area contributed by atoms with Crippen molar-refractivity contribution in [3.05, 3.63) is 113 Å². The quantitative estimate of drug-likeness (QED) is 0.570. The van der Waals surface area contributed by atoms with Crippen molar-refractivity contribution in [2.75, 3.05) is 13.1 Å². The summed E-state index contributed by atoms with van der Waals surface area (Å²) in [6.45, 7) is 0.400. The highest BCUT2D eigenvalue weighted by molar-refractivity contribution is 6.15. The van der Waals surface area contributed by atoms with Crippen LogP contribution in [0.25, 0.3) is 12.2 Å². The zero-order chi connectivity index (χ0) is 20.8. The van der Waals surface area contributed by atoms with Crippen molar-refractivity contribution in [1.82, 2.24) is 4.90 Å². The van der Waals surface area contributed by atoms with Crippen molar-refractivity contribution in [1.29, 1.82) is 0 Å². The number of amides is 1. The van der Waals surface area contributed by atoms with E-state index in [9.17, 15) is 9.59 Å². The Bertz CT molecular complexity index is 1030. The maximum Gasteiger partial charge on any atom is 0.415 e. The Morgan fingerprint density at radius 3 is 1.60 bits per heavy atom. The number of piperidine rings is 1. The highest BCUT2D eigenvalue weighted by Gasteiger charge is 2.30. The zero-order valence-electron chi connectivity index (χ0n) is 16.4. The average molecular weight is 395 g/mol. The molecule has 0 atom stereocenters. The second kappa shape index (κ2) is 9.05. The minimum absolute atomic E-state index is 0.0496. The fourth-order valence-electron chi connectivity index (χ4n) is 3.32. The molecule has 0 aromatic heterocycles. The van der Waals surface area contributed by atoms with Gasteiger partial charge >= 0.3 is 6.09 Å². The monoisotopic (exact) mass is 395 g/mol. The van der Waals surface area contributed by atoms with Gasteiger partial charge in [-0.1, -0.05) is 78.9 Å². The summed E-state index contributed by atoms with van der Waals surface area (Å²) in [7, 11) is 0. The first-order chi connectivity index (χ1) is 14.7. The summed E-state index contributed by atoms with van der Waals surface area (Å²) in [5, 5.41) is 0. The molecule has 0 N–H and O–H groups in total. The molecular formula is C26H21NO3. The van der Waals surface area contributed by atoms with Crippen LogP contribution in [-0.4, -0.2) is 29.9 Å². The fourth-order valence-corrected chi connectivity index (χ4v) is 3.32. The van der Waals surface area contributed by atoms with Crippen molar-refractivity contribution in [3.8, 4) is 5.75 Å².